The molecule has 0 saturated heterocycles. The quantitative estimate of drug-likeness (QED) is 0.765. The highest BCUT2D eigenvalue weighted by Gasteiger charge is 2.13. The van der Waals surface area contributed by atoms with Gasteiger partial charge in [0.15, 0.2) is 0 Å². The van der Waals surface area contributed by atoms with E-state index < -0.39 is 6.10 Å². The van der Waals surface area contributed by atoms with E-state index in [9.17, 15) is 5.11 Å². The van der Waals surface area contributed by atoms with Crippen molar-refractivity contribution in [2.24, 2.45) is 11.7 Å². The first-order valence-corrected chi connectivity index (χ1v) is 4.97. The Hall–Kier alpha value is -0.930. The first-order chi connectivity index (χ1) is 6.65. The van der Waals surface area contributed by atoms with Crippen LogP contribution in [0, 0.1) is 5.92 Å². The molecule has 3 heteroatoms. The standard InChI is InChI=1S/C11H18N2O/c1-8(2)6-10(14)11-9(7-12)4-3-5-13-11/h3-5,8,10,14H,6-7,12H2,1-2H3. The molecule has 78 valence electrons. The molecule has 1 rings (SSSR count). The van der Waals surface area contributed by atoms with Crippen molar-refractivity contribution in [1.82, 2.24) is 4.98 Å². The van der Waals surface area contributed by atoms with Crippen molar-refractivity contribution in [3.05, 3.63) is 29.6 Å². The highest BCUT2D eigenvalue weighted by atomic mass is 16.3. The Bertz CT molecular complexity index is 286. The molecule has 0 radical (unpaired) electrons. The highest BCUT2D eigenvalue weighted by Crippen LogP contribution is 2.21. The van der Waals surface area contributed by atoms with Crippen molar-refractivity contribution in [3.63, 3.8) is 0 Å². The molecule has 0 aliphatic carbocycles. The Morgan fingerprint density at radius 2 is 2.21 bits per heavy atom. The molecule has 14 heavy (non-hydrogen) atoms. The van der Waals surface area contributed by atoms with Gasteiger partial charge < -0.3 is 10.8 Å². The molecular weight excluding hydrogens is 176 g/mol. The summed E-state index contributed by atoms with van der Waals surface area (Å²) < 4.78 is 0. The summed E-state index contributed by atoms with van der Waals surface area (Å²) in [7, 11) is 0. The molecule has 0 fully saturated rings. The molecule has 0 bridgehead atoms. The number of hydrogen-bond acceptors (Lipinski definition) is 3. The number of aliphatic hydroxyl groups excluding tert-OH is 1. The molecule has 3 nitrogen and oxygen atoms in total. The van der Waals surface area contributed by atoms with E-state index in [1.54, 1.807) is 6.20 Å². The number of nitrogens with two attached hydrogens (primary N) is 1. The fourth-order valence-corrected chi connectivity index (χ4v) is 1.48. The van der Waals surface area contributed by atoms with Crippen molar-refractivity contribution in [2.45, 2.75) is 32.9 Å². The van der Waals surface area contributed by atoms with Gasteiger partial charge in [-0.25, -0.2) is 0 Å². The first kappa shape index (κ1) is 11.1. The van der Waals surface area contributed by atoms with Gasteiger partial charge in [-0.3, -0.25) is 4.98 Å². The second-order valence-electron chi connectivity index (χ2n) is 3.90. The van der Waals surface area contributed by atoms with E-state index in [2.05, 4.69) is 18.8 Å². The van der Waals surface area contributed by atoms with Gasteiger partial charge in [0, 0.05) is 12.7 Å². The molecule has 0 aliphatic heterocycles. The van der Waals surface area contributed by atoms with Gasteiger partial charge in [0.25, 0.3) is 0 Å². The third-order valence-corrected chi connectivity index (χ3v) is 2.16. The lowest BCUT2D eigenvalue weighted by atomic mass is 10.0. The van der Waals surface area contributed by atoms with E-state index in [-0.39, 0.29) is 0 Å². The van der Waals surface area contributed by atoms with Crippen molar-refractivity contribution in [2.75, 3.05) is 0 Å². The minimum atomic E-state index is -0.491. The summed E-state index contributed by atoms with van der Waals surface area (Å²) in [4.78, 5) is 4.17. The predicted octanol–water partition coefficient (Wildman–Crippen LogP) is 1.62. The van der Waals surface area contributed by atoms with Crippen molar-refractivity contribution >= 4 is 0 Å². The summed E-state index contributed by atoms with van der Waals surface area (Å²) in [5.74, 6) is 0.456. The van der Waals surface area contributed by atoms with E-state index in [0.717, 1.165) is 17.7 Å². The van der Waals surface area contributed by atoms with Crippen LogP contribution in [0.5, 0.6) is 0 Å². The van der Waals surface area contributed by atoms with Crippen molar-refractivity contribution in [3.8, 4) is 0 Å². The molecule has 0 saturated carbocycles. The molecule has 1 aromatic rings. The van der Waals surface area contributed by atoms with Gasteiger partial charge in [0.05, 0.1) is 11.8 Å². The van der Waals surface area contributed by atoms with Gasteiger partial charge in [0.1, 0.15) is 0 Å². The molecule has 0 spiro atoms. The SMILES string of the molecule is CC(C)CC(O)c1ncccc1CN. The van der Waals surface area contributed by atoms with Crippen LogP contribution < -0.4 is 5.73 Å². The second-order valence-corrected chi connectivity index (χ2v) is 3.90. The minimum Gasteiger partial charge on any atom is -0.387 e. The van der Waals surface area contributed by atoms with Gasteiger partial charge in [0.2, 0.25) is 0 Å². The average Bonchev–Trinajstić information content (AvgIpc) is 2.16. The van der Waals surface area contributed by atoms with Crippen LogP contribution >= 0.6 is 0 Å². The Balaban J connectivity index is 2.82. The average molecular weight is 194 g/mol. The largest absolute Gasteiger partial charge is 0.387 e. The normalized spacial score (nSPS) is 13.2. The van der Waals surface area contributed by atoms with Crippen LogP contribution in [0.2, 0.25) is 0 Å². The molecule has 1 atom stereocenters. The van der Waals surface area contributed by atoms with Crippen molar-refractivity contribution in [1.29, 1.82) is 0 Å². The summed E-state index contributed by atoms with van der Waals surface area (Å²) in [6.45, 7) is 4.58. The van der Waals surface area contributed by atoms with E-state index >= 15 is 0 Å². The predicted molar refractivity (Wildman–Crippen MR) is 56.5 cm³/mol. The zero-order valence-electron chi connectivity index (χ0n) is 8.77. The fourth-order valence-electron chi connectivity index (χ4n) is 1.48. The molecule has 1 aromatic heterocycles. The minimum absolute atomic E-state index is 0.429. The third kappa shape index (κ3) is 2.79. The molecule has 0 aliphatic rings. The first-order valence-electron chi connectivity index (χ1n) is 4.97. The topological polar surface area (TPSA) is 59.1 Å². The van der Waals surface area contributed by atoms with E-state index in [4.69, 9.17) is 5.73 Å². The summed E-state index contributed by atoms with van der Waals surface area (Å²) in [6, 6.07) is 3.75. The van der Waals surface area contributed by atoms with Crippen LogP contribution in [0.1, 0.15) is 37.6 Å². The lowest BCUT2D eigenvalue weighted by Crippen LogP contribution is -2.10. The number of hydrogen-bond donors (Lipinski definition) is 2. The van der Waals surface area contributed by atoms with Crippen LogP contribution in [0.4, 0.5) is 0 Å². The van der Waals surface area contributed by atoms with Gasteiger partial charge in [-0.15, -0.1) is 0 Å². The van der Waals surface area contributed by atoms with Crippen LogP contribution in [-0.4, -0.2) is 10.1 Å². The Kier molecular flexibility index (Phi) is 4.04. The lowest BCUT2D eigenvalue weighted by Gasteiger charge is -2.15. The van der Waals surface area contributed by atoms with E-state index in [0.29, 0.717) is 12.5 Å². The van der Waals surface area contributed by atoms with E-state index in [1.807, 2.05) is 12.1 Å². The van der Waals surface area contributed by atoms with Crippen LogP contribution in [0.15, 0.2) is 18.3 Å². The number of aromatic nitrogens is 1. The molecular formula is C11H18N2O. The van der Waals surface area contributed by atoms with Gasteiger partial charge in [-0.05, 0) is 24.0 Å². The van der Waals surface area contributed by atoms with E-state index in [1.165, 1.54) is 0 Å². The maximum Gasteiger partial charge on any atom is 0.0965 e. The number of rotatable bonds is 4. The number of aliphatic hydroxyl groups is 1. The summed E-state index contributed by atoms with van der Waals surface area (Å²) in [5, 5.41) is 9.88. The molecule has 1 heterocycles. The highest BCUT2D eigenvalue weighted by molar-refractivity contribution is 5.21. The Morgan fingerprint density at radius 1 is 1.50 bits per heavy atom. The maximum atomic E-state index is 9.88. The van der Waals surface area contributed by atoms with Gasteiger partial charge in [-0.1, -0.05) is 19.9 Å². The van der Waals surface area contributed by atoms with Crippen LogP contribution in [0.3, 0.4) is 0 Å². The molecule has 0 amide bonds. The zero-order valence-corrected chi connectivity index (χ0v) is 8.77. The summed E-state index contributed by atoms with van der Waals surface area (Å²) in [6.07, 6.45) is 1.93. The van der Waals surface area contributed by atoms with Gasteiger partial charge >= 0.3 is 0 Å². The monoisotopic (exact) mass is 194 g/mol. The molecule has 1 unspecified atom stereocenters. The Morgan fingerprint density at radius 3 is 2.79 bits per heavy atom. The van der Waals surface area contributed by atoms with Gasteiger partial charge in [-0.2, -0.15) is 0 Å². The summed E-state index contributed by atoms with van der Waals surface area (Å²) in [5.41, 5.74) is 7.22. The van der Waals surface area contributed by atoms with Crippen molar-refractivity contribution < 1.29 is 5.11 Å². The fraction of sp³-hybridized carbons (Fsp3) is 0.545. The molecule has 3 N–H and O–H groups in total. The Labute approximate surface area is 85.0 Å². The number of pyridine rings is 1. The van der Waals surface area contributed by atoms with Crippen LogP contribution in [0.25, 0.3) is 0 Å². The zero-order chi connectivity index (χ0) is 10.6. The smallest absolute Gasteiger partial charge is 0.0965 e. The maximum absolute atomic E-state index is 9.88. The second kappa shape index (κ2) is 5.08. The molecule has 0 aromatic carbocycles. The van der Waals surface area contributed by atoms with Crippen LogP contribution in [-0.2, 0) is 6.54 Å². The lowest BCUT2D eigenvalue weighted by molar-refractivity contribution is 0.145. The summed E-state index contributed by atoms with van der Waals surface area (Å²) >= 11 is 0. The number of nitrogens with zero attached hydrogens (tertiary/aromatic N) is 1. The third-order valence-electron chi connectivity index (χ3n) is 2.16.